The average Bonchev–Trinajstić information content (AvgIpc) is 2.14. The van der Waals surface area contributed by atoms with Crippen LogP contribution in [-0.4, -0.2) is 16.6 Å². The van der Waals surface area contributed by atoms with Gasteiger partial charge in [-0.15, -0.1) is 11.8 Å². The number of nitrogens with zero attached hydrogens (tertiary/aromatic N) is 1. The van der Waals surface area contributed by atoms with Crippen LogP contribution in [0.3, 0.4) is 0 Å². The third-order valence-electron chi connectivity index (χ3n) is 1.66. The molecular formula is C9H8NO4S-. The number of carboxylic acid groups (broad SMARTS) is 1. The minimum absolute atomic E-state index is 0.0770. The van der Waals surface area contributed by atoms with Crippen molar-refractivity contribution < 1.29 is 14.8 Å². The van der Waals surface area contributed by atoms with E-state index in [-0.39, 0.29) is 11.4 Å². The Morgan fingerprint density at radius 2 is 2.20 bits per heavy atom. The molecule has 1 rings (SSSR count). The molecule has 0 bridgehead atoms. The van der Waals surface area contributed by atoms with Crippen molar-refractivity contribution in [3.8, 4) is 0 Å². The molecule has 1 aromatic carbocycles. The highest BCUT2D eigenvalue weighted by atomic mass is 32.2. The number of nitro benzene ring substituents is 1. The second-order valence-corrected chi connectivity index (χ2v) is 3.91. The zero-order valence-electron chi connectivity index (χ0n) is 7.93. The maximum absolute atomic E-state index is 10.6. The Morgan fingerprint density at radius 1 is 1.53 bits per heavy atom. The fourth-order valence-corrected chi connectivity index (χ4v) is 1.86. The molecule has 0 radical (unpaired) electrons. The van der Waals surface area contributed by atoms with E-state index in [2.05, 4.69) is 0 Å². The van der Waals surface area contributed by atoms with Crippen molar-refractivity contribution in [2.24, 2.45) is 0 Å². The summed E-state index contributed by atoms with van der Waals surface area (Å²) >= 11 is 0.894. The lowest BCUT2D eigenvalue weighted by Crippen LogP contribution is -2.24. The lowest BCUT2D eigenvalue weighted by molar-refractivity contribution is -0.387. The number of thioether (sulfide) groups is 1. The fraction of sp³-hybridized carbons (Fsp3) is 0.222. The van der Waals surface area contributed by atoms with Crippen molar-refractivity contribution in [1.29, 1.82) is 0 Å². The molecule has 0 atom stereocenters. The first-order chi connectivity index (χ1) is 7.00. The van der Waals surface area contributed by atoms with Crippen LogP contribution in [0.15, 0.2) is 23.1 Å². The number of benzene rings is 1. The van der Waals surface area contributed by atoms with Crippen molar-refractivity contribution in [3.05, 3.63) is 33.9 Å². The Morgan fingerprint density at radius 3 is 2.73 bits per heavy atom. The van der Waals surface area contributed by atoms with Gasteiger partial charge in [0.15, 0.2) is 0 Å². The van der Waals surface area contributed by atoms with Gasteiger partial charge in [0.25, 0.3) is 5.69 Å². The molecule has 0 heterocycles. The first-order valence-corrected chi connectivity index (χ1v) is 5.07. The van der Waals surface area contributed by atoms with Crippen LogP contribution in [0.2, 0.25) is 0 Å². The van der Waals surface area contributed by atoms with E-state index in [0.717, 1.165) is 17.3 Å². The second kappa shape index (κ2) is 4.79. The van der Waals surface area contributed by atoms with Gasteiger partial charge in [0.2, 0.25) is 0 Å². The first kappa shape index (κ1) is 11.5. The number of hydrogen-bond donors (Lipinski definition) is 0. The van der Waals surface area contributed by atoms with Crippen LogP contribution >= 0.6 is 11.8 Å². The molecule has 0 fully saturated rings. The van der Waals surface area contributed by atoms with Gasteiger partial charge in [0.1, 0.15) is 0 Å². The second-order valence-electron chi connectivity index (χ2n) is 2.89. The van der Waals surface area contributed by atoms with E-state index >= 15 is 0 Å². The van der Waals surface area contributed by atoms with Crippen LogP contribution in [0.1, 0.15) is 5.56 Å². The van der Waals surface area contributed by atoms with E-state index in [1.165, 1.54) is 6.07 Å². The van der Waals surface area contributed by atoms with Crippen LogP contribution in [0.5, 0.6) is 0 Å². The Labute approximate surface area is 90.3 Å². The highest BCUT2D eigenvalue weighted by Crippen LogP contribution is 2.29. The molecule has 1 aromatic rings. The smallest absolute Gasteiger partial charge is 0.282 e. The van der Waals surface area contributed by atoms with Gasteiger partial charge in [-0.2, -0.15) is 0 Å². The molecule has 0 amide bonds. The average molecular weight is 226 g/mol. The summed E-state index contributed by atoms with van der Waals surface area (Å²) in [5, 5.41) is 20.8. The number of nitro groups is 1. The van der Waals surface area contributed by atoms with Crippen molar-refractivity contribution in [2.75, 3.05) is 5.75 Å². The molecule has 0 saturated carbocycles. The van der Waals surface area contributed by atoms with Gasteiger partial charge in [0, 0.05) is 11.8 Å². The molecule has 80 valence electrons. The third kappa shape index (κ3) is 3.25. The molecule has 5 nitrogen and oxygen atoms in total. The summed E-state index contributed by atoms with van der Waals surface area (Å²) in [5.74, 6) is -1.53. The molecule has 0 aliphatic rings. The van der Waals surface area contributed by atoms with E-state index in [0.29, 0.717) is 4.90 Å². The van der Waals surface area contributed by atoms with Gasteiger partial charge in [-0.25, -0.2) is 0 Å². The zero-order valence-corrected chi connectivity index (χ0v) is 8.74. The van der Waals surface area contributed by atoms with Crippen LogP contribution in [-0.2, 0) is 4.79 Å². The largest absolute Gasteiger partial charge is 0.549 e. The first-order valence-electron chi connectivity index (χ1n) is 4.08. The van der Waals surface area contributed by atoms with E-state index in [1.54, 1.807) is 19.1 Å². The minimum atomic E-state index is -1.24. The lowest BCUT2D eigenvalue weighted by Gasteiger charge is -2.04. The summed E-state index contributed by atoms with van der Waals surface area (Å²) in [6.07, 6.45) is 0. The van der Waals surface area contributed by atoms with Gasteiger partial charge in [-0.05, 0) is 18.6 Å². The maximum atomic E-state index is 10.6. The summed E-state index contributed by atoms with van der Waals surface area (Å²) < 4.78 is 0. The molecule has 0 saturated heterocycles. The lowest BCUT2D eigenvalue weighted by atomic mass is 10.2. The predicted octanol–water partition coefficient (Wildman–Crippen LogP) is 0.745. The minimum Gasteiger partial charge on any atom is -0.549 e. The summed E-state index contributed by atoms with van der Waals surface area (Å²) in [4.78, 5) is 20.7. The monoisotopic (exact) mass is 226 g/mol. The number of aryl methyl sites for hydroxylation is 1. The Hall–Kier alpha value is -1.56. The molecule has 0 aliphatic carbocycles. The molecule has 0 unspecified atom stereocenters. The van der Waals surface area contributed by atoms with Crippen LogP contribution in [0.4, 0.5) is 5.69 Å². The Bertz CT molecular complexity index is 405. The van der Waals surface area contributed by atoms with Gasteiger partial charge < -0.3 is 9.90 Å². The molecule has 15 heavy (non-hydrogen) atoms. The van der Waals surface area contributed by atoms with Crippen molar-refractivity contribution >= 4 is 23.4 Å². The molecule has 0 N–H and O–H groups in total. The van der Waals surface area contributed by atoms with Gasteiger partial charge in [0.05, 0.1) is 15.8 Å². The van der Waals surface area contributed by atoms with Crippen LogP contribution in [0.25, 0.3) is 0 Å². The summed E-state index contributed by atoms with van der Waals surface area (Å²) in [6.45, 7) is 1.78. The Balaban J connectivity index is 2.96. The molecule has 6 heteroatoms. The van der Waals surface area contributed by atoms with E-state index in [1.807, 2.05) is 0 Å². The van der Waals surface area contributed by atoms with Gasteiger partial charge in [-0.1, -0.05) is 6.07 Å². The third-order valence-corrected chi connectivity index (χ3v) is 2.68. The van der Waals surface area contributed by atoms with Crippen LogP contribution < -0.4 is 5.11 Å². The van der Waals surface area contributed by atoms with Crippen molar-refractivity contribution in [3.63, 3.8) is 0 Å². The van der Waals surface area contributed by atoms with E-state index < -0.39 is 10.9 Å². The summed E-state index contributed by atoms with van der Waals surface area (Å²) in [5.41, 5.74) is 0.772. The van der Waals surface area contributed by atoms with Crippen LogP contribution in [0, 0.1) is 17.0 Å². The quantitative estimate of drug-likeness (QED) is 0.429. The molecular weight excluding hydrogens is 218 g/mol. The van der Waals surface area contributed by atoms with Gasteiger partial charge >= 0.3 is 0 Å². The van der Waals surface area contributed by atoms with E-state index in [4.69, 9.17) is 0 Å². The SMILES string of the molecule is Cc1ccc([N+](=O)[O-])c(SCC(=O)[O-])c1. The number of hydrogen-bond acceptors (Lipinski definition) is 5. The maximum Gasteiger partial charge on any atom is 0.282 e. The number of carbonyl (C=O) groups excluding carboxylic acids is 1. The van der Waals surface area contributed by atoms with Crippen molar-refractivity contribution in [1.82, 2.24) is 0 Å². The number of rotatable bonds is 4. The number of carbonyl (C=O) groups is 1. The predicted molar refractivity (Wildman–Crippen MR) is 53.6 cm³/mol. The fourth-order valence-electron chi connectivity index (χ4n) is 1.02. The van der Waals surface area contributed by atoms with E-state index in [9.17, 15) is 20.0 Å². The normalized spacial score (nSPS) is 9.93. The highest BCUT2D eigenvalue weighted by Gasteiger charge is 2.13. The molecule has 0 aliphatic heterocycles. The standard InChI is InChI=1S/C9H9NO4S/c1-6-2-3-7(10(13)14)8(4-6)15-5-9(11)12/h2-4H,5H2,1H3,(H,11,12)/p-1. The molecule has 0 spiro atoms. The summed E-state index contributed by atoms with van der Waals surface area (Å²) in [7, 11) is 0. The molecule has 0 aromatic heterocycles. The number of aliphatic carboxylic acids is 1. The topological polar surface area (TPSA) is 83.3 Å². The Kier molecular flexibility index (Phi) is 3.68. The summed E-state index contributed by atoms with van der Waals surface area (Å²) in [6, 6.07) is 4.57. The highest BCUT2D eigenvalue weighted by molar-refractivity contribution is 8.00. The zero-order chi connectivity index (χ0) is 11.4. The van der Waals surface area contributed by atoms with Gasteiger partial charge in [-0.3, -0.25) is 10.1 Å². The number of carboxylic acids is 1. The van der Waals surface area contributed by atoms with Crippen molar-refractivity contribution in [2.45, 2.75) is 11.8 Å².